The van der Waals surface area contributed by atoms with Gasteiger partial charge in [0.2, 0.25) is 11.8 Å². The zero-order valence-electron chi connectivity index (χ0n) is 9.90. The van der Waals surface area contributed by atoms with E-state index >= 15 is 0 Å². The molecule has 2 rings (SSSR count). The van der Waals surface area contributed by atoms with Gasteiger partial charge in [-0.15, -0.1) is 10.2 Å². The van der Waals surface area contributed by atoms with Gasteiger partial charge in [0.1, 0.15) is 0 Å². The van der Waals surface area contributed by atoms with Crippen LogP contribution in [0.15, 0.2) is 4.42 Å². The van der Waals surface area contributed by atoms with Crippen LogP contribution in [0.5, 0.6) is 0 Å². The average Bonchev–Trinajstić information content (AvgIpc) is 2.98. The van der Waals surface area contributed by atoms with E-state index in [0.717, 1.165) is 13.0 Å². The van der Waals surface area contributed by atoms with Crippen LogP contribution in [0.2, 0.25) is 0 Å². The summed E-state index contributed by atoms with van der Waals surface area (Å²) >= 11 is 0. The highest BCUT2D eigenvalue weighted by Crippen LogP contribution is 2.19. The van der Waals surface area contributed by atoms with Gasteiger partial charge in [-0.25, -0.2) is 0 Å². The lowest BCUT2D eigenvalue weighted by atomic mass is 10.1. The van der Waals surface area contributed by atoms with Crippen LogP contribution < -0.4 is 5.32 Å². The van der Waals surface area contributed by atoms with Crippen LogP contribution in [0.1, 0.15) is 31.5 Å². The standard InChI is InChI=1S/C11H19N3O2/c1-8(7-15-2)5-10-13-14-11(16-10)6-12-9-3-4-9/h8-9,12H,3-7H2,1-2H3. The van der Waals surface area contributed by atoms with Gasteiger partial charge in [0.15, 0.2) is 0 Å². The third-order valence-electron chi connectivity index (χ3n) is 2.60. The second-order valence-corrected chi connectivity index (χ2v) is 4.51. The van der Waals surface area contributed by atoms with Crippen molar-refractivity contribution >= 4 is 0 Å². The Bertz CT molecular complexity index is 323. The van der Waals surface area contributed by atoms with E-state index in [1.54, 1.807) is 7.11 Å². The van der Waals surface area contributed by atoms with Crippen molar-refractivity contribution < 1.29 is 9.15 Å². The van der Waals surface area contributed by atoms with Crippen molar-refractivity contribution in [2.24, 2.45) is 5.92 Å². The molecule has 1 fully saturated rings. The van der Waals surface area contributed by atoms with Crippen LogP contribution in [0.25, 0.3) is 0 Å². The zero-order chi connectivity index (χ0) is 11.4. The summed E-state index contributed by atoms with van der Waals surface area (Å²) in [6, 6.07) is 0.669. The number of aromatic nitrogens is 2. The van der Waals surface area contributed by atoms with Crippen molar-refractivity contribution in [2.45, 2.75) is 38.8 Å². The highest BCUT2D eigenvalue weighted by Gasteiger charge is 2.21. The van der Waals surface area contributed by atoms with Gasteiger partial charge in [-0.2, -0.15) is 0 Å². The van der Waals surface area contributed by atoms with E-state index in [-0.39, 0.29) is 0 Å². The Morgan fingerprint density at radius 1 is 1.44 bits per heavy atom. The molecule has 1 saturated carbocycles. The molecule has 16 heavy (non-hydrogen) atoms. The van der Waals surface area contributed by atoms with Gasteiger partial charge in [-0.3, -0.25) is 0 Å². The molecule has 0 bridgehead atoms. The lowest BCUT2D eigenvalue weighted by Crippen LogP contribution is -2.15. The summed E-state index contributed by atoms with van der Waals surface area (Å²) in [4.78, 5) is 0. The molecule has 0 saturated heterocycles. The monoisotopic (exact) mass is 225 g/mol. The maximum absolute atomic E-state index is 5.54. The molecular weight excluding hydrogens is 206 g/mol. The first-order chi connectivity index (χ1) is 7.78. The van der Waals surface area contributed by atoms with E-state index in [0.29, 0.717) is 30.3 Å². The highest BCUT2D eigenvalue weighted by molar-refractivity contribution is 4.87. The quantitative estimate of drug-likeness (QED) is 0.754. The smallest absolute Gasteiger partial charge is 0.230 e. The summed E-state index contributed by atoms with van der Waals surface area (Å²) in [6.45, 7) is 3.52. The summed E-state index contributed by atoms with van der Waals surface area (Å²) in [5, 5.41) is 11.4. The molecule has 0 spiro atoms. The van der Waals surface area contributed by atoms with E-state index in [2.05, 4.69) is 22.4 Å². The van der Waals surface area contributed by atoms with Crippen molar-refractivity contribution in [2.75, 3.05) is 13.7 Å². The number of nitrogens with one attached hydrogen (secondary N) is 1. The fourth-order valence-electron chi connectivity index (χ4n) is 1.60. The third kappa shape index (κ3) is 3.57. The Hall–Kier alpha value is -0.940. The van der Waals surface area contributed by atoms with Gasteiger partial charge in [-0.1, -0.05) is 6.92 Å². The molecule has 1 atom stereocenters. The minimum Gasteiger partial charge on any atom is -0.424 e. The van der Waals surface area contributed by atoms with E-state index in [4.69, 9.17) is 9.15 Å². The number of nitrogens with zero attached hydrogens (tertiary/aromatic N) is 2. The van der Waals surface area contributed by atoms with E-state index in [1.165, 1.54) is 12.8 Å². The van der Waals surface area contributed by atoms with Crippen LogP contribution in [-0.4, -0.2) is 30.0 Å². The van der Waals surface area contributed by atoms with E-state index in [9.17, 15) is 0 Å². The molecule has 1 aliphatic rings. The predicted octanol–water partition coefficient (Wildman–Crippen LogP) is 1.15. The molecule has 1 N–H and O–H groups in total. The topological polar surface area (TPSA) is 60.2 Å². The largest absolute Gasteiger partial charge is 0.424 e. The number of rotatable bonds is 7. The minimum atomic E-state index is 0.412. The summed E-state index contributed by atoms with van der Waals surface area (Å²) in [5.74, 6) is 1.80. The first-order valence-corrected chi connectivity index (χ1v) is 5.81. The first-order valence-electron chi connectivity index (χ1n) is 5.81. The van der Waals surface area contributed by atoms with E-state index in [1.807, 2.05) is 0 Å². The Labute approximate surface area is 95.6 Å². The van der Waals surface area contributed by atoms with Gasteiger partial charge >= 0.3 is 0 Å². The molecule has 5 heteroatoms. The molecule has 1 aromatic heterocycles. The number of ether oxygens (including phenoxy) is 1. The first kappa shape index (κ1) is 11.5. The van der Waals surface area contributed by atoms with Gasteiger partial charge in [0.25, 0.3) is 0 Å². The van der Waals surface area contributed by atoms with Gasteiger partial charge < -0.3 is 14.5 Å². The lowest BCUT2D eigenvalue weighted by Gasteiger charge is -2.05. The molecule has 1 aliphatic carbocycles. The number of methoxy groups -OCH3 is 1. The van der Waals surface area contributed by atoms with Crippen LogP contribution in [-0.2, 0) is 17.7 Å². The van der Waals surface area contributed by atoms with Gasteiger partial charge in [0.05, 0.1) is 6.54 Å². The molecule has 1 unspecified atom stereocenters. The molecule has 1 heterocycles. The molecule has 0 aliphatic heterocycles. The molecule has 0 radical (unpaired) electrons. The maximum Gasteiger partial charge on any atom is 0.230 e. The van der Waals surface area contributed by atoms with Gasteiger partial charge in [-0.05, 0) is 18.8 Å². The summed E-state index contributed by atoms with van der Waals surface area (Å²) < 4.78 is 10.6. The Kier molecular flexibility index (Phi) is 3.90. The highest BCUT2D eigenvalue weighted by atomic mass is 16.5. The summed E-state index contributed by atoms with van der Waals surface area (Å²) in [6.07, 6.45) is 3.32. The van der Waals surface area contributed by atoms with Crippen LogP contribution >= 0.6 is 0 Å². The van der Waals surface area contributed by atoms with Gasteiger partial charge in [0, 0.05) is 26.2 Å². The lowest BCUT2D eigenvalue weighted by molar-refractivity contribution is 0.156. The molecular formula is C11H19N3O2. The number of hydrogen-bond donors (Lipinski definition) is 1. The van der Waals surface area contributed by atoms with Crippen LogP contribution in [0.4, 0.5) is 0 Å². The predicted molar refractivity (Wildman–Crippen MR) is 58.9 cm³/mol. The maximum atomic E-state index is 5.54. The SMILES string of the molecule is COCC(C)Cc1nnc(CNC2CC2)o1. The minimum absolute atomic E-state index is 0.412. The summed E-state index contributed by atoms with van der Waals surface area (Å²) in [7, 11) is 1.70. The number of hydrogen-bond acceptors (Lipinski definition) is 5. The second-order valence-electron chi connectivity index (χ2n) is 4.51. The van der Waals surface area contributed by atoms with Crippen molar-refractivity contribution in [3.05, 3.63) is 11.8 Å². The molecule has 0 amide bonds. The summed E-state index contributed by atoms with van der Waals surface area (Å²) in [5.41, 5.74) is 0. The zero-order valence-corrected chi connectivity index (χ0v) is 9.90. The van der Waals surface area contributed by atoms with Crippen molar-refractivity contribution in [1.82, 2.24) is 15.5 Å². The van der Waals surface area contributed by atoms with Crippen molar-refractivity contribution in [1.29, 1.82) is 0 Å². The Balaban J connectivity index is 1.76. The normalized spacial score (nSPS) is 17.6. The fraction of sp³-hybridized carbons (Fsp3) is 0.818. The van der Waals surface area contributed by atoms with E-state index < -0.39 is 0 Å². The van der Waals surface area contributed by atoms with Crippen LogP contribution in [0.3, 0.4) is 0 Å². The molecule has 90 valence electrons. The van der Waals surface area contributed by atoms with Crippen molar-refractivity contribution in [3.63, 3.8) is 0 Å². The molecule has 0 aromatic carbocycles. The van der Waals surface area contributed by atoms with Crippen molar-refractivity contribution in [3.8, 4) is 0 Å². The molecule has 5 nitrogen and oxygen atoms in total. The second kappa shape index (κ2) is 5.41. The molecule has 1 aromatic rings. The average molecular weight is 225 g/mol. The fourth-order valence-corrected chi connectivity index (χ4v) is 1.60. The third-order valence-corrected chi connectivity index (χ3v) is 2.60. The Morgan fingerprint density at radius 2 is 2.19 bits per heavy atom. The van der Waals surface area contributed by atoms with Crippen LogP contribution in [0, 0.1) is 5.92 Å². The Morgan fingerprint density at radius 3 is 2.88 bits per heavy atom.